The molecule has 2 aromatic carbocycles. The maximum Gasteiger partial charge on any atom is 0.272 e. The fourth-order valence-electron chi connectivity index (χ4n) is 2.31. The van der Waals surface area contributed by atoms with E-state index in [1.54, 1.807) is 18.2 Å². The van der Waals surface area contributed by atoms with Crippen molar-refractivity contribution in [1.82, 2.24) is 4.72 Å². The van der Waals surface area contributed by atoms with E-state index < -0.39 is 15.7 Å². The second-order valence-electron chi connectivity index (χ2n) is 6.69. The highest BCUT2D eigenvalue weighted by molar-refractivity contribution is 9.10. The lowest BCUT2D eigenvalue weighted by Gasteiger charge is -2.25. The third-order valence-electron chi connectivity index (χ3n) is 3.69. The van der Waals surface area contributed by atoms with Gasteiger partial charge < -0.3 is 0 Å². The Balaban J connectivity index is 2.37. The molecule has 1 unspecified atom stereocenters. The molecule has 5 nitrogen and oxygen atoms in total. The van der Waals surface area contributed by atoms with Crippen LogP contribution in [-0.2, 0) is 17.4 Å². The zero-order valence-electron chi connectivity index (χ0n) is 14.4. The van der Waals surface area contributed by atoms with Crippen molar-refractivity contribution in [3.8, 4) is 0 Å². The molecular formula is C18H21BrN2O3S. The molecule has 0 heterocycles. The van der Waals surface area contributed by atoms with Gasteiger partial charge in [-0.2, -0.15) is 0 Å². The Morgan fingerprint density at radius 2 is 1.76 bits per heavy atom. The van der Waals surface area contributed by atoms with Crippen LogP contribution in [0.5, 0.6) is 0 Å². The zero-order valence-corrected chi connectivity index (χ0v) is 16.8. The van der Waals surface area contributed by atoms with E-state index >= 15 is 0 Å². The van der Waals surface area contributed by atoms with Crippen LogP contribution in [-0.4, -0.2) is 13.9 Å². The summed E-state index contributed by atoms with van der Waals surface area (Å²) in [6.07, 6.45) is 0.376. The number of hydrogen-bond acceptors (Lipinski definition) is 3. The van der Waals surface area contributed by atoms with Gasteiger partial charge in [-0.3, -0.25) is 10.1 Å². The summed E-state index contributed by atoms with van der Waals surface area (Å²) in [6, 6.07) is 14.0. The normalized spacial score (nSPS) is 14.1. The van der Waals surface area contributed by atoms with Crippen molar-refractivity contribution in [3.63, 3.8) is 0 Å². The standard InChI is InChI=1S/C18H21BrN2O3S/c1-18(2,3)25(24)20-16(13-8-10-15(19)11-9-13)12-14-6-4-5-7-17(14)21(22)23/h4-11,16,20H,12H2,1-3H3/t16-,25?/m1/s1. The predicted molar refractivity (Wildman–Crippen MR) is 105 cm³/mol. The first-order chi connectivity index (χ1) is 11.7. The summed E-state index contributed by atoms with van der Waals surface area (Å²) in [4.78, 5) is 10.9. The Hall–Kier alpha value is -1.57. The van der Waals surface area contributed by atoms with Gasteiger partial charge in [0.05, 0.1) is 20.7 Å². The third-order valence-corrected chi connectivity index (χ3v) is 5.83. The topological polar surface area (TPSA) is 72.2 Å². The summed E-state index contributed by atoms with van der Waals surface area (Å²) in [7, 11) is -1.30. The Morgan fingerprint density at radius 1 is 1.16 bits per heavy atom. The average Bonchev–Trinajstić information content (AvgIpc) is 2.54. The maximum atomic E-state index is 12.6. The molecule has 0 saturated carbocycles. The Kier molecular flexibility index (Phi) is 6.48. The van der Waals surface area contributed by atoms with E-state index in [-0.39, 0.29) is 16.7 Å². The molecule has 134 valence electrons. The van der Waals surface area contributed by atoms with Gasteiger partial charge in [-0.15, -0.1) is 0 Å². The van der Waals surface area contributed by atoms with Crippen LogP contribution in [0.3, 0.4) is 0 Å². The van der Waals surface area contributed by atoms with E-state index in [9.17, 15) is 14.3 Å². The number of para-hydroxylation sites is 1. The SMILES string of the molecule is CC(C)(C)S(=O)N[C@H](Cc1ccccc1[N+](=O)[O-])c1ccc(Br)cc1. The lowest BCUT2D eigenvalue weighted by atomic mass is 9.99. The number of benzene rings is 2. The monoisotopic (exact) mass is 424 g/mol. The van der Waals surface area contributed by atoms with Crippen LogP contribution in [0.25, 0.3) is 0 Å². The van der Waals surface area contributed by atoms with E-state index in [0.29, 0.717) is 12.0 Å². The highest BCUT2D eigenvalue weighted by Crippen LogP contribution is 2.27. The third kappa shape index (κ3) is 5.45. The molecule has 0 spiro atoms. The Bertz CT molecular complexity index is 773. The van der Waals surface area contributed by atoms with Crippen molar-refractivity contribution in [2.75, 3.05) is 0 Å². The number of nitrogens with one attached hydrogen (secondary N) is 1. The summed E-state index contributed by atoms with van der Waals surface area (Å²) < 4.78 is 16.2. The number of halogens is 1. The molecule has 2 aromatic rings. The molecule has 0 aliphatic carbocycles. The molecule has 0 amide bonds. The van der Waals surface area contributed by atoms with Crippen LogP contribution < -0.4 is 4.72 Å². The molecule has 0 bridgehead atoms. The average molecular weight is 425 g/mol. The van der Waals surface area contributed by atoms with Gasteiger partial charge in [0.15, 0.2) is 0 Å². The summed E-state index contributed by atoms with van der Waals surface area (Å²) in [5.74, 6) is 0. The first kappa shape index (κ1) is 19.8. The van der Waals surface area contributed by atoms with Gasteiger partial charge in [0.2, 0.25) is 0 Å². The molecule has 0 fully saturated rings. The van der Waals surface area contributed by atoms with Gasteiger partial charge in [-0.1, -0.05) is 46.3 Å². The van der Waals surface area contributed by atoms with Gasteiger partial charge >= 0.3 is 0 Å². The summed E-state index contributed by atoms with van der Waals surface area (Å²) >= 11 is 3.40. The number of hydrogen-bond donors (Lipinski definition) is 1. The van der Waals surface area contributed by atoms with Crippen molar-refractivity contribution in [2.24, 2.45) is 0 Å². The largest absolute Gasteiger partial charge is 0.272 e. The highest BCUT2D eigenvalue weighted by Gasteiger charge is 2.25. The first-order valence-electron chi connectivity index (χ1n) is 7.84. The second kappa shape index (κ2) is 8.21. The zero-order chi connectivity index (χ0) is 18.6. The lowest BCUT2D eigenvalue weighted by molar-refractivity contribution is -0.385. The van der Waals surface area contributed by atoms with Gasteiger partial charge in [-0.05, 0) is 44.9 Å². The minimum absolute atomic E-state index is 0.0768. The second-order valence-corrected chi connectivity index (χ2v) is 9.61. The van der Waals surface area contributed by atoms with Crippen LogP contribution in [0.4, 0.5) is 5.69 Å². The number of nitrogens with zero attached hydrogens (tertiary/aromatic N) is 1. The summed E-state index contributed by atoms with van der Waals surface area (Å²) in [5, 5.41) is 11.3. The van der Waals surface area contributed by atoms with E-state index in [1.165, 1.54) is 6.07 Å². The highest BCUT2D eigenvalue weighted by atomic mass is 79.9. The minimum atomic E-state index is -1.30. The van der Waals surface area contributed by atoms with Crippen LogP contribution in [0, 0.1) is 10.1 Å². The number of nitro benzene ring substituents is 1. The maximum absolute atomic E-state index is 12.6. The summed E-state index contributed by atoms with van der Waals surface area (Å²) in [5.41, 5.74) is 1.62. The van der Waals surface area contributed by atoms with Crippen molar-refractivity contribution < 1.29 is 9.13 Å². The Morgan fingerprint density at radius 3 is 2.32 bits per heavy atom. The van der Waals surface area contributed by atoms with E-state index in [4.69, 9.17) is 0 Å². The van der Waals surface area contributed by atoms with Crippen molar-refractivity contribution in [2.45, 2.75) is 38.0 Å². The molecule has 1 N–H and O–H groups in total. The minimum Gasteiger partial charge on any atom is -0.258 e. The molecule has 0 saturated heterocycles. The van der Waals surface area contributed by atoms with E-state index in [0.717, 1.165) is 10.0 Å². The van der Waals surface area contributed by atoms with Crippen LogP contribution in [0.1, 0.15) is 37.9 Å². The lowest BCUT2D eigenvalue weighted by Crippen LogP contribution is -2.36. The van der Waals surface area contributed by atoms with Gasteiger partial charge in [0, 0.05) is 22.1 Å². The molecule has 0 aliphatic heterocycles. The smallest absolute Gasteiger partial charge is 0.258 e. The number of nitro groups is 1. The molecule has 0 radical (unpaired) electrons. The molecule has 0 aliphatic rings. The fraction of sp³-hybridized carbons (Fsp3) is 0.333. The first-order valence-corrected chi connectivity index (χ1v) is 9.78. The molecule has 7 heteroatoms. The van der Waals surface area contributed by atoms with Crippen molar-refractivity contribution >= 4 is 32.6 Å². The van der Waals surface area contributed by atoms with Crippen LogP contribution in [0.15, 0.2) is 53.0 Å². The molecule has 0 aromatic heterocycles. The van der Waals surface area contributed by atoms with Gasteiger partial charge in [0.1, 0.15) is 0 Å². The van der Waals surface area contributed by atoms with Gasteiger partial charge in [-0.25, -0.2) is 8.93 Å². The predicted octanol–water partition coefficient (Wildman–Crippen LogP) is 4.69. The van der Waals surface area contributed by atoms with Gasteiger partial charge in [0.25, 0.3) is 5.69 Å². The molecule has 2 atom stereocenters. The fourth-order valence-corrected chi connectivity index (χ4v) is 3.41. The van der Waals surface area contributed by atoms with E-state index in [1.807, 2.05) is 45.0 Å². The molecular weight excluding hydrogens is 404 g/mol. The van der Waals surface area contributed by atoms with Crippen LogP contribution >= 0.6 is 15.9 Å². The van der Waals surface area contributed by atoms with Crippen molar-refractivity contribution in [1.29, 1.82) is 0 Å². The number of rotatable bonds is 6. The Labute approximate surface area is 158 Å². The van der Waals surface area contributed by atoms with E-state index in [2.05, 4.69) is 20.7 Å². The molecule has 25 heavy (non-hydrogen) atoms. The quantitative estimate of drug-likeness (QED) is 0.539. The van der Waals surface area contributed by atoms with Crippen LogP contribution in [0.2, 0.25) is 0 Å². The van der Waals surface area contributed by atoms with Crippen molar-refractivity contribution in [3.05, 3.63) is 74.2 Å². The molecule has 2 rings (SSSR count). The summed E-state index contributed by atoms with van der Waals surface area (Å²) in [6.45, 7) is 5.67.